The molecule has 0 aromatic heterocycles. The van der Waals surface area contributed by atoms with E-state index in [1.165, 1.54) is 30.5 Å². The maximum absolute atomic E-state index is 13.3. The zero-order valence-electron chi connectivity index (χ0n) is 11.0. The average Bonchev–Trinajstić information content (AvgIpc) is 2.48. The Bertz CT molecular complexity index is 659. The van der Waals surface area contributed by atoms with E-state index in [4.69, 9.17) is 4.74 Å². The molecule has 108 valence electrons. The summed E-state index contributed by atoms with van der Waals surface area (Å²) in [6.45, 7) is -0.313. The normalized spacial score (nSPS) is 10.5. The summed E-state index contributed by atoms with van der Waals surface area (Å²) in [5.74, 6) is -0.808. The van der Waals surface area contributed by atoms with Crippen LogP contribution in [-0.2, 0) is 4.79 Å². The van der Waals surface area contributed by atoms with E-state index < -0.39 is 11.7 Å². The molecule has 5 nitrogen and oxygen atoms in total. The molecule has 2 rings (SSSR count). The Labute approximate surface area is 120 Å². The van der Waals surface area contributed by atoms with Crippen molar-refractivity contribution in [2.45, 2.75) is 0 Å². The number of hydrogen-bond acceptors (Lipinski definition) is 4. The Hall–Kier alpha value is -2.89. The van der Waals surface area contributed by atoms with E-state index in [2.05, 4.69) is 10.5 Å². The minimum atomic E-state index is -0.522. The number of hydrogen-bond donors (Lipinski definition) is 2. The monoisotopic (exact) mass is 288 g/mol. The zero-order chi connectivity index (χ0) is 15.1. The summed E-state index contributed by atoms with van der Waals surface area (Å²) in [6.07, 6.45) is 1.20. The van der Waals surface area contributed by atoms with Crippen molar-refractivity contribution in [3.8, 4) is 11.5 Å². The van der Waals surface area contributed by atoms with E-state index in [1.807, 2.05) is 0 Å². The first-order valence-corrected chi connectivity index (χ1v) is 6.14. The van der Waals surface area contributed by atoms with E-state index >= 15 is 0 Å². The van der Waals surface area contributed by atoms with Gasteiger partial charge in [0.25, 0.3) is 5.91 Å². The number of para-hydroxylation sites is 2. The maximum Gasteiger partial charge on any atom is 0.277 e. The van der Waals surface area contributed by atoms with Crippen LogP contribution < -0.4 is 10.2 Å². The Balaban J connectivity index is 1.83. The average molecular weight is 288 g/mol. The topological polar surface area (TPSA) is 70.9 Å². The van der Waals surface area contributed by atoms with Gasteiger partial charge in [0.05, 0.1) is 6.21 Å². The van der Waals surface area contributed by atoms with E-state index in [9.17, 15) is 14.3 Å². The smallest absolute Gasteiger partial charge is 0.277 e. The molecular formula is C15H13FN2O3. The molecule has 0 fully saturated rings. The molecule has 2 aromatic carbocycles. The molecule has 0 saturated carbocycles. The first kappa shape index (κ1) is 14.5. The van der Waals surface area contributed by atoms with Crippen LogP contribution >= 0.6 is 0 Å². The lowest BCUT2D eigenvalue weighted by Crippen LogP contribution is -2.24. The van der Waals surface area contributed by atoms with Crippen LogP contribution in [0.3, 0.4) is 0 Å². The zero-order valence-corrected chi connectivity index (χ0v) is 11.0. The van der Waals surface area contributed by atoms with Crippen molar-refractivity contribution in [1.82, 2.24) is 5.43 Å². The van der Waals surface area contributed by atoms with Crippen LogP contribution in [0.2, 0.25) is 0 Å². The van der Waals surface area contributed by atoms with Gasteiger partial charge in [-0.2, -0.15) is 5.10 Å². The number of amides is 1. The first-order chi connectivity index (χ1) is 10.2. The molecule has 1 amide bonds. The van der Waals surface area contributed by atoms with Crippen molar-refractivity contribution in [3.05, 3.63) is 59.9 Å². The third-order valence-electron chi connectivity index (χ3n) is 2.52. The van der Waals surface area contributed by atoms with Crippen molar-refractivity contribution < 1.29 is 19.0 Å². The molecule has 0 spiro atoms. The Morgan fingerprint density at radius 3 is 2.71 bits per heavy atom. The first-order valence-electron chi connectivity index (χ1n) is 6.14. The fourth-order valence-corrected chi connectivity index (χ4v) is 1.51. The minimum Gasteiger partial charge on any atom is -0.504 e. The van der Waals surface area contributed by atoms with Gasteiger partial charge >= 0.3 is 0 Å². The summed E-state index contributed by atoms with van der Waals surface area (Å²) < 4.78 is 18.4. The van der Waals surface area contributed by atoms with Gasteiger partial charge in [-0.05, 0) is 18.2 Å². The summed E-state index contributed by atoms with van der Waals surface area (Å²) in [4.78, 5) is 11.5. The summed E-state index contributed by atoms with van der Waals surface area (Å²) in [5, 5.41) is 13.1. The van der Waals surface area contributed by atoms with Gasteiger partial charge in [-0.15, -0.1) is 0 Å². The quantitative estimate of drug-likeness (QED) is 0.653. The van der Waals surface area contributed by atoms with Crippen molar-refractivity contribution in [1.29, 1.82) is 0 Å². The predicted molar refractivity (Wildman–Crippen MR) is 75.7 cm³/mol. The van der Waals surface area contributed by atoms with Crippen LogP contribution in [0.1, 0.15) is 5.56 Å². The molecule has 0 heterocycles. The fraction of sp³-hybridized carbons (Fsp3) is 0.0667. The van der Waals surface area contributed by atoms with Gasteiger partial charge < -0.3 is 9.84 Å². The molecule has 2 N–H and O–H groups in total. The van der Waals surface area contributed by atoms with Gasteiger partial charge in [-0.1, -0.05) is 30.3 Å². The molecule has 0 unspecified atom stereocenters. The minimum absolute atomic E-state index is 0.0554. The number of phenols is 1. The third kappa shape index (κ3) is 4.31. The molecule has 0 atom stereocenters. The van der Waals surface area contributed by atoms with E-state index in [0.29, 0.717) is 0 Å². The molecule has 6 heteroatoms. The van der Waals surface area contributed by atoms with Crippen LogP contribution in [0.4, 0.5) is 4.39 Å². The van der Waals surface area contributed by atoms with Gasteiger partial charge in [0, 0.05) is 5.56 Å². The number of carbonyl (C=O) groups is 1. The molecule has 0 aliphatic carbocycles. The third-order valence-corrected chi connectivity index (χ3v) is 2.52. The number of rotatable bonds is 5. The van der Waals surface area contributed by atoms with Gasteiger partial charge in [-0.3, -0.25) is 4.79 Å². The molecule has 0 saturated heterocycles. The summed E-state index contributed by atoms with van der Waals surface area (Å²) in [7, 11) is 0. The van der Waals surface area contributed by atoms with Crippen LogP contribution in [0.15, 0.2) is 53.6 Å². The number of nitrogens with one attached hydrogen (secondary N) is 1. The molecule has 0 bridgehead atoms. The molecule has 0 aliphatic rings. The van der Waals surface area contributed by atoms with Crippen LogP contribution in [0, 0.1) is 5.82 Å². The number of ether oxygens (including phenoxy) is 1. The maximum atomic E-state index is 13.3. The number of halogens is 1. The number of nitrogens with zero attached hydrogens (tertiary/aromatic N) is 1. The van der Waals surface area contributed by atoms with Crippen molar-refractivity contribution in [2.75, 3.05) is 6.61 Å². The van der Waals surface area contributed by atoms with Crippen LogP contribution in [0.25, 0.3) is 0 Å². The largest absolute Gasteiger partial charge is 0.504 e. The number of benzene rings is 2. The van der Waals surface area contributed by atoms with E-state index in [1.54, 1.807) is 24.3 Å². The Kier molecular flexibility index (Phi) is 4.87. The molecule has 0 radical (unpaired) electrons. The molecular weight excluding hydrogens is 275 g/mol. The predicted octanol–water partition coefficient (Wildman–Crippen LogP) is 2.06. The Morgan fingerprint density at radius 2 is 1.95 bits per heavy atom. The Morgan fingerprint density at radius 1 is 1.24 bits per heavy atom. The second kappa shape index (κ2) is 7.04. The SMILES string of the molecule is O=C(COc1ccccc1O)NN=Cc1ccccc1F. The summed E-state index contributed by atoms with van der Waals surface area (Å²) in [6, 6.07) is 12.3. The molecule has 21 heavy (non-hydrogen) atoms. The second-order valence-electron chi connectivity index (χ2n) is 4.07. The lowest BCUT2D eigenvalue weighted by molar-refractivity contribution is -0.123. The highest BCUT2D eigenvalue weighted by Gasteiger charge is 2.04. The highest BCUT2D eigenvalue weighted by molar-refractivity contribution is 5.83. The van der Waals surface area contributed by atoms with Gasteiger partial charge in [0.1, 0.15) is 5.82 Å². The number of aromatic hydroxyl groups is 1. The van der Waals surface area contributed by atoms with Crippen LogP contribution in [0.5, 0.6) is 11.5 Å². The lowest BCUT2D eigenvalue weighted by atomic mass is 10.2. The highest BCUT2D eigenvalue weighted by atomic mass is 19.1. The van der Waals surface area contributed by atoms with E-state index in [-0.39, 0.29) is 23.7 Å². The van der Waals surface area contributed by atoms with E-state index in [0.717, 1.165) is 0 Å². The number of hydrazone groups is 1. The summed E-state index contributed by atoms with van der Waals surface area (Å²) >= 11 is 0. The van der Waals surface area contributed by atoms with Crippen molar-refractivity contribution in [3.63, 3.8) is 0 Å². The van der Waals surface area contributed by atoms with Crippen molar-refractivity contribution >= 4 is 12.1 Å². The molecule has 0 aliphatic heterocycles. The van der Waals surface area contributed by atoms with Crippen molar-refractivity contribution in [2.24, 2.45) is 5.10 Å². The van der Waals surface area contributed by atoms with Gasteiger partial charge in [0.15, 0.2) is 18.1 Å². The summed E-state index contributed by atoms with van der Waals surface area (Å²) in [5.41, 5.74) is 2.47. The number of carbonyl (C=O) groups excluding carboxylic acids is 1. The fourth-order valence-electron chi connectivity index (χ4n) is 1.51. The van der Waals surface area contributed by atoms with Gasteiger partial charge in [0.2, 0.25) is 0 Å². The molecule has 2 aromatic rings. The highest BCUT2D eigenvalue weighted by Crippen LogP contribution is 2.23. The second-order valence-corrected chi connectivity index (χ2v) is 4.07. The van der Waals surface area contributed by atoms with Crippen LogP contribution in [-0.4, -0.2) is 23.8 Å². The van der Waals surface area contributed by atoms with Gasteiger partial charge in [-0.25, -0.2) is 9.82 Å². The number of phenolic OH excluding ortho intramolecular Hbond substituents is 1. The lowest BCUT2D eigenvalue weighted by Gasteiger charge is -2.06. The standard InChI is InChI=1S/C15H13FN2O3/c16-12-6-2-1-5-11(12)9-17-18-15(20)10-21-14-8-4-3-7-13(14)19/h1-9,19H,10H2,(H,18,20).